The third kappa shape index (κ3) is 3.71. The average molecular weight is 353 g/mol. The van der Waals surface area contributed by atoms with Crippen molar-refractivity contribution in [3.05, 3.63) is 30.2 Å². The van der Waals surface area contributed by atoms with Crippen molar-refractivity contribution in [1.29, 1.82) is 0 Å². The average Bonchev–Trinajstić information content (AvgIpc) is 3.11. The van der Waals surface area contributed by atoms with Crippen molar-refractivity contribution in [2.24, 2.45) is 0 Å². The highest BCUT2D eigenvalue weighted by molar-refractivity contribution is 7.85. The minimum Gasteiger partial charge on any atom is -0.441 e. The molecule has 10 heteroatoms. The molecule has 3 rings (SSSR count). The molecule has 2 aromatic rings. The van der Waals surface area contributed by atoms with Gasteiger partial charge in [-0.2, -0.15) is 13.4 Å². The van der Waals surface area contributed by atoms with E-state index in [0.717, 1.165) is 11.8 Å². The summed E-state index contributed by atoms with van der Waals surface area (Å²) >= 11 is 0. The fraction of sp³-hybridized carbons (Fsp3) is 0.357. The molecule has 0 spiro atoms. The Labute approximate surface area is 138 Å². The van der Waals surface area contributed by atoms with E-state index in [4.69, 9.17) is 9.26 Å². The Morgan fingerprint density at radius 3 is 2.62 bits per heavy atom. The van der Waals surface area contributed by atoms with Crippen LogP contribution in [0.1, 0.15) is 5.89 Å². The van der Waals surface area contributed by atoms with Gasteiger partial charge in [-0.3, -0.25) is 9.08 Å². The molecule has 0 saturated carbocycles. The summed E-state index contributed by atoms with van der Waals surface area (Å²) < 4.78 is 36.7. The van der Waals surface area contributed by atoms with Crippen LogP contribution in [-0.2, 0) is 19.0 Å². The van der Waals surface area contributed by atoms with E-state index in [1.165, 1.54) is 4.90 Å². The van der Waals surface area contributed by atoms with Crippen LogP contribution < -0.4 is 4.90 Å². The van der Waals surface area contributed by atoms with Crippen molar-refractivity contribution in [3.63, 3.8) is 0 Å². The predicted octanol–water partition coefficient (Wildman–Crippen LogP) is 1.35. The zero-order valence-corrected chi connectivity index (χ0v) is 13.8. The zero-order valence-electron chi connectivity index (χ0n) is 13.0. The Bertz CT molecular complexity index is 846. The van der Waals surface area contributed by atoms with Gasteiger partial charge >= 0.3 is 6.09 Å². The lowest BCUT2D eigenvalue weighted by atomic mass is 10.2. The van der Waals surface area contributed by atoms with Crippen LogP contribution in [0.3, 0.4) is 0 Å². The minimum atomic E-state index is -3.58. The van der Waals surface area contributed by atoms with Gasteiger partial charge in [-0.05, 0) is 24.3 Å². The number of aryl methyl sites for hydroxylation is 1. The fourth-order valence-corrected chi connectivity index (χ4v) is 2.62. The molecule has 0 radical (unpaired) electrons. The summed E-state index contributed by atoms with van der Waals surface area (Å²) in [6.45, 7) is 1.69. The van der Waals surface area contributed by atoms with Gasteiger partial charge in [-0.15, -0.1) is 0 Å². The van der Waals surface area contributed by atoms with Crippen molar-refractivity contribution in [3.8, 4) is 11.4 Å². The topological polar surface area (TPSA) is 112 Å². The van der Waals surface area contributed by atoms with E-state index in [0.29, 0.717) is 17.4 Å². The SMILES string of the molecule is Cc1nc(-c2ccc(N3CC(COS(C)(=O)=O)OC3=O)cc2)no1. The largest absolute Gasteiger partial charge is 0.441 e. The summed E-state index contributed by atoms with van der Waals surface area (Å²) in [6, 6.07) is 6.96. The molecule has 1 aliphatic rings. The number of nitrogens with zero attached hydrogens (tertiary/aromatic N) is 3. The Kier molecular flexibility index (Phi) is 4.24. The monoisotopic (exact) mass is 353 g/mol. The van der Waals surface area contributed by atoms with E-state index >= 15 is 0 Å². The van der Waals surface area contributed by atoms with Gasteiger partial charge < -0.3 is 9.26 Å². The smallest absolute Gasteiger partial charge is 0.414 e. The van der Waals surface area contributed by atoms with Crippen LogP contribution in [-0.4, -0.2) is 50.2 Å². The van der Waals surface area contributed by atoms with Crippen LogP contribution in [0, 0.1) is 6.92 Å². The first-order valence-electron chi connectivity index (χ1n) is 7.05. The number of hydrogen-bond donors (Lipinski definition) is 0. The molecule has 1 aromatic carbocycles. The Morgan fingerprint density at radius 1 is 1.33 bits per heavy atom. The maximum Gasteiger partial charge on any atom is 0.414 e. The van der Waals surface area contributed by atoms with Crippen LogP contribution in [0.2, 0.25) is 0 Å². The second-order valence-electron chi connectivity index (χ2n) is 5.29. The molecule has 128 valence electrons. The van der Waals surface area contributed by atoms with Gasteiger partial charge in [0.25, 0.3) is 10.1 Å². The third-order valence-corrected chi connectivity index (χ3v) is 3.87. The van der Waals surface area contributed by atoms with Crippen LogP contribution in [0.25, 0.3) is 11.4 Å². The lowest BCUT2D eigenvalue weighted by Crippen LogP contribution is -2.26. The number of hydrogen-bond acceptors (Lipinski definition) is 8. The van der Waals surface area contributed by atoms with Crippen molar-refractivity contribution >= 4 is 21.9 Å². The van der Waals surface area contributed by atoms with Gasteiger partial charge in [0.15, 0.2) is 0 Å². The molecule has 0 N–H and O–H groups in total. The molecule has 24 heavy (non-hydrogen) atoms. The van der Waals surface area contributed by atoms with Crippen molar-refractivity contribution in [2.45, 2.75) is 13.0 Å². The van der Waals surface area contributed by atoms with E-state index in [-0.39, 0.29) is 13.2 Å². The van der Waals surface area contributed by atoms with E-state index in [9.17, 15) is 13.2 Å². The number of carbonyl (C=O) groups is 1. The van der Waals surface area contributed by atoms with Gasteiger partial charge in [0, 0.05) is 18.2 Å². The normalized spacial score (nSPS) is 18.0. The number of ether oxygens (including phenoxy) is 1. The molecule has 1 saturated heterocycles. The maximum absolute atomic E-state index is 11.9. The molecule has 1 aromatic heterocycles. The standard InChI is InChI=1S/C14H15N3O6S/c1-9-15-13(16-23-9)10-3-5-11(6-4-10)17-7-12(22-14(17)18)8-21-24(2,19)20/h3-6,12H,7-8H2,1-2H3. The molecule has 0 aliphatic carbocycles. The molecule has 2 heterocycles. The van der Waals surface area contributed by atoms with Crippen LogP contribution in [0.5, 0.6) is 0 Å². The summed E-state index contributed by atoms with van der Waals surface area (Å²) in [4.78, 5) is 17.5. The second-order valence-corrected chi connectivity index (χ2v) is 6.93. The summed E-state index contributed by atoms with van der Waals surface area (Å²) in [5.74, 6) is 0.924. The quantitative estimate of drug-likeness (QED) is 0.740. The molecular weight excluding hydrogens is 338 g/mol. The summed E-state index contributed by atoms with van der Waals surface area (Å²) in [7, 11) is -3.58. The van der Waals surface area contributed by atoms with Gasteiger partial charge in [-0.25, -0.2) is 4.79 Å². The van der Waals surface area contributed by atoms with E-state index < -0.39 is 22.3 Å². The number of rotatable bonds is 5. The number of anilines is 1. The summed E-state index contributed by atoms with van der Waals surface area (Å²) in [5, 5.41) is 3.82. The van der Waals surface area contributed by atoms with Gasteiger partial charge in [0.05, 0.1) is 12.8 Å². The lowest BCUT2D eigenvalue weighted by Gasteiger charge is -2.13. The fourth-order valence-electron chi connectivity index (χ4n) is 2.23. The molecule has 9 nitrogen and oxygen atoms in total. The first-order chi connectivity index (χ1) is 11.3. The van der Waals surface area contributed by atoms with E-state index in [1.54, 1.807) is 31.2 Å². The highest BCUT2D eigenvalue weighted by Gasteiger charge is 2.33. The van der Waals surface area contributed by atoms with E-state index in [2.05, 4.69) is 14.3 Å². The first kappa shape index (κ1) is 16.4. The van der Waals surface area contributed by atoms with Crippen LogP contribution >= 0.6 is 0 Å². The molecule has 1 unspecified atom stereocenters. The minimum absolute atomic E-state index is 0.203. The highest BCUT2D eigenvalue weighted by atomic mass is 32.2. The summed E-state index contributed by atoms with van der Waals surface area (Å²) in [6.07, 6.45) is -0.257. The highest BCUT2D eigenvalue weighted by Crippen LogP contribution is 2.25. The molecule has 1 fully saturated rings. The molecule has 1 atom stereocenters. The maximum atomic E-state index is 11.9. The number of carbonyl (C=O) groups excluding carboxylic acids is 1. The lowest BCUT2D eigenvalue weighted by molar-refractivity contribution is 0.107. The number of cyclic esters (lactones) is 1. The summed E-state index contributed by atoms with van der Waals surface area (Å²) in [5.41, 5.74) is 1.37. The first-order valence-corrected chi connectivity index (χ1v) is 8.87. The Morgan fingerprint density at radius 2 is 2.04 bits per heavy atom. The second kappa shape index (κ2) is 6.21. The van der Waals surface area contributed by atoms with Crippen molar-refractivity contribution < 1.29 is 26.7 Å². The van der Waals surface area contributed by atoms with Crippen LogP contribution in [0.15, 0.2) is 28.8 Å². The van der Waals surface area contributed by atoms with Gasteiger partial charge in [-0.1, -0.05) is 5.16 Å². The Balaban J connectivity index is 1.69. The van der Waals surface area contributed by atoms with Gasteiger partial charge in [0.2, 0.25) is 11.7 Å². The van der Waals surface area contributed by atoms with E-state index in [1.807, 2.05) is 0 Å². The molecular formula is C14H15N3O6S. The number of amides is 1. The number of benzene rings is 1. The van der Waals surface area contributed by atoms with Gasteiger partial charge in [0.1, 0.15) is 12.7 Å². The molecule has 1 aliphatic heterocycles. The predicted molar refractivity (Wildman–Crippen MR) is 82.9 cm³/mol. The molecule has 0 bridgehead atoms. The van der Waals surface area contributed by atoms with Crippen LogP contribution in [0.4, 0.5) is 10.5 Å². The Hall–Kier alpha value is -2.46. The zero-order chi connectivity index (χ0) is 17.3. The molecule has 1 amide bonds. The van der Waals surface area contributed by atoms with Crippen molar-refractivity contribution in [2.75, 3.05) is 24.3 Å². The number of aromatic nitrogens is 2. The third-order valence-electron chi connectivity index (χ3n) is 3.31. The van der Waals surface area contributed by atoms with Crippen molar-refractivity contribution in [1.82, 2.24) is 10.1 Å².